The van der Waals surface area contributed by atoms with E-state index in [1.165, 1.54) is 11.9 Å². The molecular weight excluding hydrogens is 300 g/mol. The highest BCUT2D eigenvalue weighted by atomic mass is 16.5. The van der Waals surface area contributed by atoms with Gasteiger partial charge < -0.3 is 15.4 Å². The second-order valence-electron chi connectivity index (χ2n) is 5.39. The van der Waals surface area contributed by atoms with Crippen molar-refractivity contribution in [3.8, 4) is 5.75 Å². The highest BCUT2D eigenvalue weighted by molar-refractivity contribution is 5.65. The maximum Gasteiger partial charge on any atom is 0.142 e. The molecule has 0 bridgehead atoms. The van der Waals surface area contributed by atoms with E-state index in [-0.39, 0.29) is 6.04 Å². The van der Waals surface area contributed by atoms with Crippen molar-refractivity contribution < 1.29 is 4.74 Å². The van der Waals surface area contributed by atoms with Gasteiger partial charge in [0.25, 0.3) is 0 Å². The summed E-state index contributed by atoms with van der Waals surface area (Å²) >= 11 is 0. The van der Waals surface area contributed by atoms with Crippen LogP contribution in [0.2, 0.25) is 0 Å². The maximum atomic E-state index is 5.35. The van der Waals surface area contributed by atoms with E-state index < -0.39 is 0 Å². The third kappa shape index (κ3) is 3.81. The molecule has 1 unspecified atom stereocenters. The number of methoxy groups -OCH3 is 1. The molecule has 0 radical (unpaired) electrons. The molecule has 122 valence electrons. The van der Waals surface area contributed by atoms with Gasteiger partial charge in [0.05, 0.1) is 12.8 Å². The predicted octanol–water partition coefficient (Wildman–Crippen LogP) is 4.40. The topological polar surface area (TPSA) is 59.1 Å². The van der Waals surface area contributed by atoms with Gasteiger partial charge in [-0.3, -0.25) is 0 Å². The van der Waals surface area contributed by atoms with E-state index in [1.807, 2.05) is 48.5 Å². The number of para-hydroxylation sites is 2. The lowest BCUT2D eigenvalue weighted by atomic mass is 10.1. The molecule has 3 aromatic rings. The molecule has 5 nitrogen and oxygen atoms in total. The number of nitrogens with zero attached hydrogens (tertiary/aromatic N) is 2. The molecule has 5 heteroatoms. The van der Waals surface area contributed by atoms with Gasteiger partial charge in [0, 0.05) is 12.1 Å². The number of ether oxygens (including phenoxy) is 1. The van der Waals surface area contributed by atoms with E-state index in [9.17, 15) is 0 Å². The van der Waals surface area contributed by atoms with Crippen LogP contribution in [0.4, 0.5) is 17.3 Å². The zero-order valence-electron chi connectivity index (χ0n) is 13.7. The number of aromatic nitrogens is 2. The summed E-state index contributed by atoms with van der Waals surface area (Å²) in [4.78, 5) is 8.57. The van der Waals surface area contributed by atoms with Crippen LogP contribution in [-0.2, 0) is 0 Å². The first kappa shape index (κ1) is 15.8. The molecule has 0 aliphatic rings. The summed E-state index contributed by atoms with van der Waals surface area (Å²) in [6.07, 6.45) is 1.54. The van der Waals surface area contributed by atoms with Gasteiger partial charge in [0.2, 0.25) is 0 Å². The Kier molecular flexibility index (Phi) is 4.91. The van der Waals surface area contributed by atoms with Crippen molar-refractivity contribution in [2.75, 3.05) is 17.7 Å². The molecule has 2 N–H and O–H groups in total. The molecule has 24 heavy (non-hydrogen) atoms. The normalized spacial score (nSPS) is 11.6. The monoisotopic (exact) mass is 320 g/mol. The molecule has 0 spiro atoms. The summed E-state index contributed by atoms with van der Waals surface area (Å²) in [6.45, 7) is 2.10. The molecule has 0 fully saturated rings. The van der Waals surface area contributed by atoms with Gasteiger partial charge >= 0.3 is 0 Å². The van der Waals surface area contributed by atoms with E-state index >= 15 is 0 Å². The van der Waals surface area contributed by atoms with Crippen molar-refractivity contribution in [2.45, 2.75) is 13.0 Å². The molecule has 0 aliphatic heterocycles. The number of hydrogen-bond acceptors (Lipinski definition) is 5. The lowest BCUT2D eigenvalue weighted by Gasteiger charge is -2.16. The number of nitrogens with one attached hydrogen (secondary N) is 2. The Hall–Kier alpha value is -3.08. The first-order valence-electron chi connectivity index (χ1n) is 7.80. The smallest absolute Gasteiger partial charge is 0.142 e. The summed E-state index contributed by atoms with van der Waals surface area (Å²) in [5.74, 6) is 2.24. The van der Waals surface area contributed by atoms with Gasteiger partial charge in [0.15, 0.2) is 0 Å². The molecule has 0 saturated carbocycles. The van der Waals surface area contributed by atoms with E-state index in [4.69, 9.17) is 4.74 Å². The lowest BCUT2D eigenvalue weighted by molar-refractivity contribution is 0.417. The molecule has 0 aliphatic carbocycles. The number of hydrogen-bond donors (Lipinski definition) is 2. The number of benzene rings is 2. The quantitative estimate of drug-likeness (QED) is 0.705. The summed E-state index contributed by atoms with van der Waals surface area (Å²) in [7, 11) is 1.65. The van der Waals surface area contributed by atoms with Crippen molar-refractivity contribution >= 4 is 17.3 Å². The molecule has 0 saturated heterocycles. The van der Waals surface area contributed by atoms with Crippen LogP contribution in [0.1, 0.15) is 18.5 Å². The van der Waals surface area contributed by atoms with Gasteiger partial charge in [-0.2, -0.15) is 0 Å². The minimum absolute atomic E-state index is 0.153. The van der Waals surface area contributed by atoms with Gasteiger partial charge in [-0.15, -0.1) is 0 Å². The maximum absolute atomic E-state index is 5.35. The Morgan fingerprint density at radius 2 is 1.62 bits per heavy atom. The van der Waals surface area contributed by atoms with Crippen LogP contribution >= 0.6 is 0 Å². The molecule has 0 amide bonds. The Morgan fingerprint density at radius 3 is 2.42 bits per heavy atom. The molecule has 2 aromatic carbocycles. The van der Waals surface area contributed by atoms with Crippen LogP contribution < -0.4 is 15.4 Å². The molecular formula is C19H20N4O. The molecule has 1 heterocycles. The Bertz CT molecular complexity index is 792. The van der Waals surface area contributed by atoms with E-state index in [0.717, 1.165) is 17.3 Å². The van der Waals surface area contributed by atoms with Crippen molar-refractivity contribution in [3.63, 3.8) is 0 Å². The van der Waals surface area contributed by atoms with Crippen LogP contribution in [0.15, 0.2) is 67.0 Å². The van der Waals surface area contributed by atoms with Crippen LogP contribution in [0.5, 0.6) is 5.75 Å². The highest BCUT2D eigenvalue weighted by Gasteiger charge is 2.07. The number of rotatable bonds is 6. The zero-order chi connectivity index (χ0) is 16.8. The largest absolute Gasteiger partial charge is 0.495 e. The van der Waals surface area contributed by atoms with Crippen LogP contribution in [0.3, 0.4) is 0 Å². The third-order valence-corrected chi connectivity index (χ3v) is 3.70. The van der Waals surface area contributed by atoms with Crippen molar-refractivity contribution in [2.24, 2.45) is 0 Å². The first-order chi connectivity index (χ1) is 11.8. The second-order valence-corrected chi connectivity index (χ2v) is 5.39. The third-order valence-electron chi connectivity index (χ3n) is 3.70. The van der Waals surface area contributed by atoms with Crippen molar-refractivity contribution in [3.05, 3.63) is 72.6 Å². The standard InChI is InChI=1S/C19H20N4O/c1-14(15-8-4-3-5-9-15)22-18-12-19(21-13-20-18)23-16-10-6-7-11-17(16)24-2/h3-14H,1-2H3,(H2,20,21,22,23). The minimum atomic E-state index is 0.153. The van der Waals surface area contributed by atoms with E-state index in [0.29, 0.717) is 5.82 Å². The second kappa shape index (κ2) is 7.46. The van der Waals surface area contributed by atoms with Gasteiger partial charge in [-0.25, -0.2) is 9.97 Å². The average molecular weight is 320 g/mol. The Morgan fingerprint density at radius 1 is 0.917 bits per heavy atom. The minimum Gasteiger partial charge on any atom is -0.495 e. The predicted molar refractivity (Wildman–Crippen MR) is 96.8 cm³/mol. The molecule has 3 rings (SSSR count). The van der Waals surface area contributed by atoms with Crippen molar-refractivity contribution in [1.82, 2.24) is 9.97 Å². The summed E-state index contributed by atoms with van der Waals surface area (Å²) < 4.78 is 5.35. The SMILES string of the molecule is COc1ccccc1Nc1cc(NC(C)c2ccccc2)ncn1. The van der Waals surface area contributed by atoms with Gasteiger partial charge in [-0.05, 0) is 24.6 Å². The Balaban J connectivity index is 1.74. The number of anilines is 3. The van der Waals surface area contributed by atoms with E-state index in [1.54, 1.807) is 7.11 Å². The molecule has 1 aromatic heterocycles. The molecule has 1 atom stereocenters. The fraction of sp³-hybridized carbons (Fsp3) is 0.158. The first-order valence-corrected chi connectivity index (χ1v) is 7.80. The van der Waals surface area contributed by atoms with Crippen LogP contribution in [0.25, 0.3) is 0 Å². The highest BCUT2D eigenvalue weighted by Crippen LogP contribution is 2.27. The zero-order valence-corrected chi connectivity index (χ0v) is 13.7. The summed E-state index contributed by atoms with van der Waals surface area (Å²) in [5.41, 5.74) is 2.07. The lowest BCUT2D eigenvalue weighted by Crippen LogP contribution is -2.08. The summed E-state index contributed by atoms with van der Waals surface area (Å²) in [6, 6.07) is 20.0. The Labute approximate surface area is 141 Å². The van der Waals surface area contributed by atoms with E-state index in [2.05, 4.69) is 39.7 Å². The van der Waals surface area contributed by atoms with Gasteiger partial charge in [0.1, 0.15) is 23.7 Å². The summed E-state index contributed by atoms with van der Waals surface area (Å²) in [5, 5.41) is 6.65. The van der Waals surface area contributed by atoms with Gasteiger partial charge in [-0.1, -0.05) is 42.5 Å². The van der Waals surface area contributed by atoms with Crippen LogP contribution in [0, 0.1) is 0 Å². The fourth-order valence-corrected chi connectivity index (χ4v) is 2.44. The van der Waals surface area contributed by atoms with Crippen molar-refractivity contribution in [1.29, 1.82) is 0 Å². The van der Waals surface area contributed by atoms with Crippen LogP contribution in [-0.4, -0.2) is 17.1 Å². The average Bonchev–Trinajstić information content (AvgIpc) is 2.63. The fourth-order valence-electron chi connectivity index (χ4n) is 2.44.